The van der Waals surface area contributed by atoms with Crippen LogP contribution in [-0.4, -0.2) is 28.7 Å². The van der Waals surface area contributed by atoms with Crippen molar-refractivity contribution in [3.8, 4) is 0 Å². The van der Waals surface area contributed by atoms with E-state index in [1.165, 1.54) is 57.8 Å². The SMILES string of the molecule is [2H]C([2H])([2H])C1N(c2ccccc2C)[C@@H](C)C2C=CC(C3CCCCC3)(C3CCCC3)N21. The first kappa shape index (κ1) is 15.5. The van der Waals surface area contributed by atoms with Crippen molar-refractivity contribution >= 4 is 5.69 Å². The van der Waals surface area contributed by atoms with Crippen LogP contribution in [-0.2, 0) is 0 Å². The molecule has 4 aliphatic rings. The van der Waals surface area contributed by atoms with E-state index in [4.69, 9.17) is 4.11 Å². The second kappa shape index (κ2) is 7.20. The van der Waals surface area contributed by atoms with E-state index in [0.717, 1.165) is 11.3 Å². The van der Waals surface area contributed by atoms with Gasteiger partial charge in [-0.2, -0.15) is 0 Å². The Bertz CT molecular complexity index is 822. The van der Waals surface area contributed by atoms with Crippen molar-refractivity contribution in [1.29, 1.82) is 0 Å². The van der Waals surface area contributed by atoms with Crippen molar-refractivity contribution in [1.82, 2.24) is 4.90 Å². The Morgan fingerprint density at radius 3 is 2.25 bits per heavy atom. The molecule has 0 radical (unpaired) electrons. The highest BCUT2D eigenvalue weighted by Gasteiger charge is 2.59. The van der Waals surface area contributed by atoms with Gasteiger partial charge in [-0.15, -0.1) is 0 Å². The van der Waals surface area contributed by atoms with Crippen LogP contribution in [0.1, 0.15) is 81.2 Å². The number of benzene rings is 1. The zero-order valence-electron chi connectivity index (χ0n) is 20.6. The lowest BCUT2D eigenvalue weighted by molar-refractivity contribution is -0.00106. The monoisotopic (exact) mass is 381 g/mol. The van der Waals surface area contributed by atoms with Gasteiger partial charge in [-0.05, 0) is 69.8 Å². The molecule has 5 rings (SSSR count). The van der Waals surface area contributed by atoms with Gasteiger partial charge in [0.25, 0.3) is 0 Å². The topological polar surface area (TPSA) is 6.48 Å². The molecule has 2 nitrogen and oxygen atoms in total. The van der Waals surface area contributed by atoms with Crippen molar-refractivity contribution in [3.05, 3.63) is 42.0 Å². The van der Waals surface area contributed by atoms with E-state index < -0.39 is 13.0 Å². The number of para-hydroxylation sites is 1. The minimum atomic E-state index is -2.06. The third kappa shape index (κ3) is 2.63. The quantitative estimate of drug-likeness (QED) is 0.567. The lowest BCUT2D eigenvalue weighted by atomic mass is 9.67. The van der Waals surface area contributed by atoms with Crippen LogP contribution in [0.25, 0.3) is 0 Å². The minimum absolute atomic E-state index is 0.0909. The zero-order chi connectivity index (χ0) is 21.8. The van der Waals surface area contributed by atoms with Gasteiger partial charge >= 0.3 is 0 Å². The van der Waals surface area contributed by atoms with Crippen molar-refractivity contribution < 1.29 is 4.11 Å². The van der Waals surface area contributed by atoms with Crippen molar-refractivity contribution in [2.24, 2.45) is 11.8 Å². The molecule has 3 fully saturated rings. The van der Waals surface area contributed by atoms with Gasteiger partial charge in [-0.1, -0.05) is 62.5 Å². The van der Waals surface area contributed by atoms with Gasteiger partial charge in [0, 0.05) is 21.4 Å². The highest BCUT2D eigenvalue weighted by Crippen LogP contribution is 2.55. The van der Waals surface area contributed by atoms with Crippen molar-refractivity contribution in [2.75, 3.05) is 4.90 Å². The standard InChI is InChI=1S/C26H38N2/c1-19-11-7-10-16-24(19)27-20(2)25-17-18-26(28(25)21(27)3,23-14-8-9-15-23)22-12-5-4-6-13-22/h7,10-11,16-18,20-23,25H,4-6,8-9,12-15H2,1-3H3/t20-,21?,25?,26?/m0/s1/i3D3. The Morgan fingerprint density at radius 1 is 0.964 bits per heavy atom. The summed E-state index contributed by atoms with van der Waals surface area (Å²) in [4.78, 5) is 4.77. The average Bonchev–Trinajstić information content (AvgIpc) is 3.46. The molecule has 28 heavy (non-hydrogen) atoms. The minimum Gasteiger partial charge on any atom is -0.351 e. The second-order valence-electron chi connectivity index (χ2n) is 9.77. The number of hydrogen-bond donors (Lipinski definition) is 0. The molecule has 0 spiro atoms. The fourth-order valence-electron chi connectivity index (χ4n) is 7.16. The lowest BCUT2D eigenvalue weighted by Crippen LogP contribution is -2.59. The maximum Gasteiger partial charge on any atom is 0.0808 e. The van der Waals surface area contributed by atoms with Crippen LogP contribution in [0.4, 0.5) is 5.69 Å². The smallest absolute Gasteiger partial charge is 0.0808 e. The van der Waals surface area contributed by atoms with Gasteiger partial charge < -0.3 is 4.90 Å². The fourth-order valence-corrected chi connectivity index (χ4v) is 7.16. The van der Waals surface area contributed by atoms with Crippen LogP contribution in [0, 0.1) is 18.8 Å². The molecular weight excluding hydrogens is 340 g/mol. The number of nitrogens with zero attached hydrogens (tertiary/aromatic N) is 2. The van der Waals surface area contributed by atoms with Crippen LogP contribution in [0.3, 0.4) is 0 Å². The first-order valence-electron chi connectivity index (χ1n) is 13.2. The van der Waals surface area contributed by atoms with Gasteiger partial charge in [-0.3, -0.25) is 4.90 Å². The molecule has 1 saturated heterocycles. The van der Waals surface area contributed by atoms with Crippen molar-refractivity contribution in [3.63, 3.8) is 0 Å². The summed E-state index contributed by atoms with van der Waals surface area (Å²) in [5, 5.41) is 0. The second-order valence-corrected chi connectivity index (χ2v) is 9.77. The maximum atomic E-state index is 8.70. The molecule has 2 aliphatic carbocycles. The molecule has 0 aromatic heterocycles. The molecule has 3 unspecified atom stereocenters. The Morgan fingerprint density at radius 2 is 1.61 bits per heavy atom. The zero-order valence-corrected chi connectivity index (χ0v) is 17.6. The van der Waals surface area contributed by atoms with Crippen LogP contribution in [0.5, 0.6) is 0 Å². The van der Waals surface area contributed by atoms with Gasteiger partial charge in [0.1, 0.15) is 0 Å². The van der Waals surface area contributed by atoms with E-state index in [9.17, 15) is 0 Å². The Labute approximate surface area is 176 Å². The summed E-state index contributed by atoms with van der Waals surface area (Å²) >= 11 is 0. The van der Waals surface area contributed by atoms with Gasteiger partial charge in [-0.25, -0.2) is 0 Å². The Hall–Kier alpha value is -1.28. The first-order valence-corrected chi connectivity index (χ1v) is 11.7. The van der Waals surface area contributed by atoms with E-state index in [2.05, 4.69) is 60.1 Å². The van der Waals surface area contributed by atoms with Gasteiger partial charge in [0.05, 0.1) is 12.2 Å². The molecule has 2 heterocycles. The molecule has 2 aliphatic heterocycles. The molecule has 0 N–H and O–H groups in total. The molecule has 0 bridgehead atoms. The molecule has 4 atom stereocenters. The largest absolute Gasteiger partial charge is 0.351 e. The molecular formula is C26H38N2. The van der Waals surface area contributed by atoms with Gasteiger partial charge in [0.2, 0.25) is 0 Å². The van der Waals surface area contributed by atoms with Crippen molar-refractivity contribution in [2.45, 2.75) is 102 Å². The molecule has 1 aromatic rings. The Balaban J connectivity index is 1.65. The van der Waals surface area contributed by atoms with Gasteiger partial charge in [0.15, 0.2) is 0 Å². The predicted octanol–water partition coefficient (Wildman–Crippen LogP) is 6.30. The summed E-state index contributed by atoms with van der Waals surface area (Å²) in [6.45, 7) is 2.30. The predicted molar refractivity (Wildman–Crippen MR) is 119 cm³/mol. The molecule has 2 heteroatoms. The molecule has 1 aromatic carbocycles. The van der Waals surface area contributed by atoms with E-state index in [1.54, 1.807) is 0 Å². The van der Waals surface area contributed by atoms with Crippen LogP contribution < -0.4 is 4.90 Å². The van der Waals surface area contributed by atoms with E-state index in [0.29, 0.717) is 11.8 Å². The summed E-state index contributed by atoms with van der Waals surface area (Å²) < 4.78 is 26.1. The van der Waals surface area contributed by atoms with E-state index in [-0.39, 0.29) is 17.6 Å². The molecule has 2 saturated carbocycles. The third-order valence-electron chi connectivity index (χ3n) is 8.45. The van der Waals surface area contributed by atoms with E-state index >= 15 is 0 Å². The Kier molecular flexibility index (Phi) is 4.00. The summed E-state index contributed by atoms with van der Waals surface area (Å²) in [7, 11) is 0. The number of aryl methyl sites for hydroxylation is 1. The summed E-state index contributed by atoms with van der Waals surface area (Å²) in [6, 6.07) is 8.66. The first-order chi connectivity index (χ1) is 14.9. The summed E-state index contributed by atoms with van der Waals surface area (Å²) in [5.74, 6) is 1.17. The highest BCUT2D eigenvalue weighted by atomic mass is 15.5. The lowest BCUT2D eigenvalue weighted by Gasteiger charge is -2.51. The maximum absolute atomic E-state index is 8.70. The highest BCUT2D eigenvalue weighted by molar-refractivity contribution is 5.57. The molecule has 152 valence electrons. The number of rotatable bonds is 3. The average molecular weight is 382 g/mol. The van der Waals surface area contributed by atoms with Crippen LogP contribution in [0.15, 0.2) is 36.4 Å². The summed E-state index contributed by atoms with van der Waals surface area (Å²) in [6.07, 6.45) is 15.8. The van der Waals surface area contributed by atoms with Crippen LogP contribution in [0.2, 0.25) is 0 Å². The fraction of sp³-hybridized carbons (Fsp3) is 0.692. The molecule has 0 amide bonds. The summed E-state index contributed by atoms with van der Waals surface area (Å²) in [5.41, 5.74) is 2.16. The normalized spacial score (nSPS) is 39.1. The number of anilines is 1. The van der Waals surface area contributed by atoms with E-state index in [1.807, 2.05) is 0 Å². The van der Waals surface area contributed by atoms with Crippen LogP contribution >= 0.6 is 0 Å². The number of hydrogen-bond acceptors (Lipinski definition) is 2. The third-order valence-corrected chi connectivity index (χ3v) is 8.45. The number of fused-ring (bicyclic) bond motifs is 1.